The second kappa shape index (κ2) is 11.8. The van der Waals surface area contributed by atoms with Crippen LogP contribution in [0.4, 0.5) is 0 Å². The second-order valence-corrected chi connectivity index (χ2v) is 4.40. The number of ether oxygens (including phenoxy) is 1. The molecule has 0 spiro atoms. The molecule has 15 heavy (non-hydrogen) atoms. The molecule has 0 unspecified atom stereocenters. The van der Waals surface area contributed by atoms with Gasteiger partial charge in [0.05, 0.1) is 7.11 Å². The van der Waals surface area contributed by atoms with Crippen molar-refractivity contribution >= 4 is 16.2 Å². The van der Waals surface area contributed by atoms with E-state index in [2.05, 4.69) is 15.0 Å². The van der Waals surface area contributed by atoms with Gasteiger partial charge in [-0.1, -0.05) is 51.0 Å². The van der Waals surface area contributed by atoms with E-state index in [9.17, 15) is 4.79 Å². The van der Waals surface area contributed by atoms with Crippen LogP contribution in [-0.4, -0.2) is 23.3 Å². The molecule has 0 aromatic heterocycles. The quantitative estimate of drug-likeness (QED) is 0.325. The molecule has 0 heterocycles. The van der Waals surface area contributed by atoms with Crippen molar-refractivity contribution in [2.45, 2.75) is 63.8 Å². The summed E-state index contributed by atoms with van der Waals surface area (Å²) in [5.41, 5.74) is 0. The zero-order valence-electron chi connectivity index (χ0n) is 9.89. The molecule has 0 saturated heterocycles. The molecule has 0 aromatic rings. The van der Waals surface area contributed by atoms with Crippen LogP contribution in [0.15, 0.2) is 0 Å². The van der Waals surface area contributed by atoms with E-state index < -0.39 is 0 Å². The Morgan fingerprint density at radius 1 is 0.933 bits per heavy atom. The number of rotatable bonds is 10. The molecule has 0 aliphatic carbocycles. The van der Waals surface area contributed by atoms with Gasteiger partial charge in [0, 0.05) is 16.7 Å². The Labute approximate surface area is 97.2 Å². The summed E-state index contributed by atoms with van der Waals surface area (Å²) in [6, 6.07) is 1.12. The first kappa shape index (κ1) is 14.7. The van der Waals surface area contributed by atoms with Gasteiger partial charge in [-0.3, -0.25) is 4.79 Å². The summed E-state index contributed by atoms with van der Waals surface area (Å²) < 4.78 is 4.58. The van der Waals surface area contributed by atoms with Crippen molar-refractivity contribution in [3.05, 3.63) is 0 Å². The van der Waals surface area contributed by atoms with Crippen LogP contribution < -0.4 is 0 Å². The first-order valence-corrected chi connectivity index (χ1v) is 6.73. The smallest absolute Gasteiger partial charge is 0.305 e. The Morgan fingerprint density at radius 2 is 1.40 bits per heavy atom. The minimum Gasteiger partial charge on any atom is -0.469 e. The van der Waals surface area contributed by atoms with Crippen molar-refractivity contribution in [1.82, 2.24) is 0 Å². The van der Waals surface area contributed by atoms with Crippen molar-refractivity contribution in [1.29, 1.82) is 0 Å². The minimum absolute atomic E-state index is 0.0767. The topological polar surface area (TPSA) is 26.3 Å². The summed E-state index contributed by atoms with van der Waals surface area (Å²) in [5.74, 6) is -0.0767. The maximum Gasteiger partial charge on any atom is 0.305 e. The third-order valence-corrected chi connectivity index (χ3v) is 2.89. The lowest BCUT2D eigenvalue weighted by atomic mass is 10.1. The number of carbonyl (C=O) groups is 1. The number of hydrogen-bond acceptors (Lipinski definition) is 2. The predicted molar refractivity (Wildman–Crippen MR) is 64.1 cm³/mol. The van der Waals surface area contributed by atoms with E-state index in [1.165, 1.54) is 45.6 Å². The van der Waals surface area contributed by atoms with Gasteiger partial charge in [-0.05, 0) is 6.42 Å². The number of hydrogen-bond donors (Lipinski definition) is 0. The third kappa shape index (κ3) is 11.6. The van der Waals surface area contributed by atoms with Gasteiger partial charge in [-0.15, -0.1) is 0 Å². The number of unbranched alkanes of at least 4 members (excludes halogenated alkanes) is 7. The molecule has 0 saturated carbocycles. The first-order chi connectivity index (χ1) is 7.31. The lowest BCUT2D eigenvalue weighted by Gasteiger charge is -2.01. The van der Waals surface area contributed by atoms with Crippen molar-refractivity contribution in [2.24, 2.45) is 0 Å². The molecule has 0 aliphatic heterocycles. The van der Waals surface area contributed by atoms with Crippen LogP contribution >= 0.6 is 0 Å². The number of esters is 1. The van der Waals surface area contributed by atoms with E-state index in [0.29, 0.717) is 6.42 Å². The maximum absolute atomic E-state index is 10.8. The van der Waals surface area contributed by atoms with Crippen LogP contribution in [0.2, 0.25) is 6.04 Å². The highest BCUT2D eigenvalue weighted by atomic mass is 28.1. The molecular weight excluding hydrogens is 204 g/mol. The van der Waals surface area contributed by atoms with E-state index in [4.69, 9.17) is 0 Å². The summed E-state index contributed by atoms with van der Waals surface area (Å²) in [6.45, 7) is 0. The summed E-state index contributed by atoms with van der Waals surface area (Å²) in [6.07, 6.45) is 10.6. The molecule has 0 atom stereocenters. The van der Waals surface area contributed by atoms with Crippen molar-refractivity contribution < 1.29 is 9.53 Å². The van der Waals surface area contributed by atoms with Crippen molar-refractivity contribution in [3.63, 3.8) is 0 Å². The van der Waals surface area contributed by atoms with E-state index in [-0.39, 0.29) is 5.97 Å². The van der Waals surface area contributed by atoms with Gasteiger partial charge < -0.3 is 4.74 Å². The molecule has 0 aromatic carbocycles. The summed E-state index contributed by atoms with van der Waals surface area (Å²) in [7, 11) is 4.92. The normalized spacial score (nSPS) is 10.3. The van der Waals surface area contributed by atoms with Crippen LogP contribution in [0.5, 0.6) is 0 Å². The predicted octanol–water partition coefficient (Wildman–Crippen LogP) is 3.26. The maximum atomic E-state index is 10.8. The van der Waals surface area contributed by atoms with Crippen LogP contribution in [-0.2, 0) is 9.53 Å². The molecule has 0 amide bonds. The zero-order valence-corrected chi connectivity index (χ0v) is 10.9. The lowest BCUT2D eigenvalue weighted by molar-refractivity contribution is -0.140. The van der Waals surface area contributed by atoms with Gasteiger partial charge in [0.25, 0.3) is 0 Å². The molecule has 3 radical (unpaired) electrons. The Bertz CT molecular complexity index is 149. The van der Waals surface area contributed by atoms with E-state index in [0.717, 1.165) is 18.9 Å². The SMILES string of the molecule is COC(=O)CCCCCCCCCC[Si]. The van der Waals surface area contributed by atoms with Gasteiger partial charge in [-0.2, -0.15) is 0 Å². The van der Waals surface area contributed by atoms with E-state index in [1.807, 2.05) is 0 Å². The van der Waals surface area contributed by atoms with Gasteiger partial charge in [-0.25, -0.2) is 0 Å². The molecule has 87 valence electrons. The fraction of sp³-hybridized carbons (Fsp3) is 0.917. The summed E-state index contributed by atoms with van der Waals surface area (Å²) in [5, 5.41) is 0. The molecule has 0 fully saturated rings. The standard InChI is InChI=1S/C12H23O2Si/c1-14-12(13)10-8-6-4-2-3-5-7-9-11-15/h2-11H2,1H3. The Kier molecular flexibility index (Phi) is 11.5. The average molecular weight is 227 g/mol. The highest BCUT2D eigenvalue weighted by Gasteiger charge is 1.98. The Balaban J connectivity index is 2.95. The van der Waals surface area contributed by atoms with Crippen LogP contribution in [0.3, 0.4) is 0 Å². The number of methoxy groups -OCH3 is 1. The minimum atomic E-state index is -0.0767. The Hall–Kier alpha value is -0.313. The van der Waals surface area contributed by atoms with E-state index in [1.54, 1.807) is 0 Å². The van der Waals surface area contributed by atoms with Crippen molar-refractivity contribution in [3.8, 4) is 0 Å². The summed E-state index contributed by atoms with van der Waals surface area (Å²) in [4.78, 5) is 10.8. The largest absolute Gasteiger partial charge is 0.469 e. The van der Waals surface area contributed by atoms with Crippen molar-refractivity contribution in [2.75, 3.05) is 7.11 Å². The fourth-order valence-corrected chi connectivity index (χ4v) is 1.81. The summed E-state index contributed by atoms with van der Waals surface area (Å²) >= 11 is 0. The van der Waals surface area contributed by atoms with Gasteiger partial charge >= 0.3 is 5.97 Å². The highest BCUT2D eigenvalue weighted by Crippen LogP contribution is 2.10. The lowest BCUT2D eigenvalue weighted by Crippen LogP contribution is -1.99. The zero-order chi connectivity index (χ0) is 11.4. The average Bonchev–Trinajstić information content (AvgIpc) is 2.26. The Morgan fingerprint density at radius 3 is 1.87 bits per heavy atom. The van der Waals surface area contributed by atoms with Gasteiger partial charge in [0.15, 0.2) is 0 Å². The first-order valence-electron chi connectivity index (χ1n) is 6.02. The molecule has 0 rings (SSSR count). The third-order valence-electron chi connectivity index (χ3n) is 2.54. The van der Waals surface area contributed by atoms with Crippen LogP contribution in [0, 0.1) is 0 Å². The van der Waals surface area contributed by atoms with E-state index >= 15 is 0 Å². The molecule has 0 bridgehead atoms. The molecule has 3 heteroatoms. The molecule has 2 nitrogen and oxygen atoms in total. The molecular formula is C12H23O2Si. The molecule has 0 aliphatic rings. The second-order valence-electron chi connectivity index (χ2n) is 3.90. The highest BCUT2D eigenvalue weighted by molar-refractivity contribution is 6.08. The van der Waals surface area contributed by atoms with Gasteiger partial charge in [0.1, 0.15) is 0 Å². The van der Waals surface area contributed by atoms with Gasteiger partial charge in [0.2, 0.25) is 0 Å². The monoisotopic (exact) mass is 227 g/mol. The fourth-order valence-electron chi connectivity index (χ4n) is 1.56. The van der Waals surface area contributed by atoms with Crippen LogP contribution in [0.25, 0.3) is 0 Å². The number of carbonyl (C=O) groups excluding carboxylic acids is 1. The molecule has 0 N–H and O–H groups in total. The van der Waals surface area contributed by atoms with Crippen LogP contribution in [0.1, 0.15) is 57.8 Å².